The lowest BCUT2D eigenvalue weighted by Gasteiger charge is -2.40. The van der Waals surface area contributed by atoms with Crippen molar-refractivity contribution < 1.29 is 14.2 Å². The molecule has 94 valence electrons. The molecule has 0 atom stereocenters. The van der Waals surface area contributed by atoms with Gasteiger partial charge in [-0.1, -0.05) is 0 Å². The van der Waals surface area contributed by atoms with Crippen LogP contribution in [-0.2, 0) is 5.54 Å². The standard InChI is InChI=1S/C13H19NO3/c1-15-9-7-10(16-2)12(11(8-9)17-3)13(14)5-4-6-13/h7-8H,4-6,14H2,1-3H3. The van der Waals surface area contributed by atoms with E-state index < -0.39 is 0 Å². The van der Waals surface area contributed by atoms with Gasteiger partial charge in [0.2, 0.25) is 0 Å². The Kier molecular flexibility index (Phi) is 3.15. The fraction of sp³-hybridized carbons (Fsp3) is 0.538. The highest BCUT2D eigenvalue weighted by molar-refractivity contribution is 5.54. The van der Waals surface area contributed by atoms with Crippen LogP contribution in [-0.4, -0.2) is 21.3 Å². The van der Waals surface area contributed by atoms with E-state index in [0.29, 0.717) is 5.75 Å². The largest absolute Gasteiger partial charge is 0.496 e. The molecule has 0 aromatic heterocycles. The lowest BCUT2D eigenvalue weighted by atomic mass is 9.72. The molecule has 1 aromatic carbocycles. The second-order valence-electron chi connectivity index (χ2n) is 4.42. The first-order valence-corrected chi connectivity index (χ1v) is 5.74. The highest BCUT2D eigenvalue weighted by Crippen LogP contribution is 2.48. The van der Waals surface area contributed by atoms with Gasteiger partial charge in [-0.2, -0.15) is 0 Å². The van der Waals surface area contributed by atoms with E-state index in [-0.39, 0.29) is 5.54 Å². The van der Waals surface area contributed by atoms with Crippen LogP contribution >= 0.6 is 0 Å². The van der Waals surface area contributed by atoms with Gasteiger partial charge in [0.05, 0.1) is 26.9 Å². The first kappa shape index (κ1) is 12.0. The van der Waals surface area contributed by atoms with E-state index in [0.717, 1.165) is 36.3 Å². The van der Waals surface area contributed by atoms with Gasteiger partial charge in [-0.15, -0.1) is 0 Å². The normalized spacial score (nSPS) is 17.2. The lowest BCUT2D eigenvalue weighted by Crippen LogP contribution is -2.43. The summed E-state index contributed by atoms with van der Waals surface area (Å²) in [5, 5.41) is 0. The van der Waals surface area contributed by atoms with E-state index >= 15 is 0 Å². The molecular formula is C13H19NO3. The summed E-state index contributed by atoms with van der Waals surface area (Å²) in [4.78, 5) is 0. The van der Waals surface area contributed by atoms with Crippen LogP contribution in [0.4, 0.5) is 0 Å². The van der Waals surface area contributed by atoms with E-state index in [1.165, 1.54) is 0 Å². The van der Waals surface area contributed by atoms with Crippen molar-refractivity contribution >= 4 is 0 Å². The second-order valence-corrected chi connectivity index (χ2v) is 4.42. The summed E-state index contributed by atoms with van der Waals surface area (Å²) in [6.45, 7) is 0. The van der Waals surface area contributed by atoms with Crippen molar-refractivity contribution in [2.45, 2.75) is 24.8 Å². The number of hydrogen-bond acceptors (Lipinski definition) is 4. The number of methoxy groups -OCH3 is 3. The fourth-order valence-electron chi connectivity index (χ4n) is 2.30. The zero-order valence-corrected chi connectivity index (χ0v) is 10.6. The minimum atomic E-state index is -0.317. The minimum Gasteiger partial charge on any atom is -0.496 e. The summed E-state index contributed by atoms with van der Waals surface area (Å²) in [7, 11) is 4.90. The molecule has 0 amide bonds. The molecule has 2 rings (SSSR count). The van der Waals surface area contributed by atoms with Crippen LogP contribution in [0.3, 0.4) is 0 Å². The van der Waals surface area contributed by atoms with Gasteiger partial charge in [0, 0.05) is 17.7 Å². The maximum atomic E-state index is 6.37. The number of hydrogen-bond donors (Lipinski definition) is 1. The smallest absolute Gasteiger partial charge is 0.131 e. The molecule has 17 heavy (non-hydrogen) atoms. The van der Waals surface area contributed by atoms with Crippen molar-refractivity contribution in [3.63, 3.8) is 0 Å². The molecular weight excluding hydrogens is 218 g/mol. The third-order valence-electron chi connectivity index (χ3n) is 3.46. The Morgan fingerprint density at radius 3 is 1.82 bits per heavy atom. The monoisotopic (exact) mass is 237 g/mol. The van der Waals surface area contributed by atoms with Crippen molar-refractivity contribution in [1.82, 2.24) is 0 Å². The Balaban J connectivity index is 2.54. The van der Waals surface area contributed by atoms with Gasteiger partial charge in [0.15, 0.2) is 0 Å². The Hall–Kier alpha value is -1.42. The van der Waals surface area contributed by atoms with Crippen molar-refractivity contribution in [2.75, 3.05) is 21.3 Å². The molecule has 0 unspecified atom stereocenters. The Morgan fingerprint density at radius 2 is 1.53 bits per heavy atom. The molecule has 0 aliphatic heterocycles. The maximum absolute atomic E-state index is 6.37. The lowest BCUT2D eigenvalue weighted by molar-refractivity contribution is 0.233. The zero-order valence-electron chi connectivity index (χ0n) is 10.6. The minimum absolute atomic E-state index is 0.317. The number of ether oxygens (including phenoxy) is 3. The summed E-state index contributed by atoms with van der Waals surface area (Å²) >= 11 is 0. The van der Waals surface area contributed by atoms with Gasteiger partial charge < -0.3 is 19.9 Å². The fourth-order valence-corrected chi connectivity index (χ4v) is 2.30. The molecule has 2 N–H and O–H groups in total. The van der Waals surface area contributed by atoms with Crippen LogP contribution in [0.2, 0.25) is 0 Å². The van der Waals surface area contributed by atoms with Crippen LogP contribution in [0.1, 0.15) is 24.8 Å². The Bertz CT molecular complexity index is 388. The second kappa shape index (κ2) is 4.45. The van der Waals surface area contributed by atoms with Crippen molar-refractivity contribution in [1.29, 1.82) is 0 Å². The molecule has 1 aromatic rings. The van der Waals surface area contributed by atoms with Crippen LogP contribution in [0.15, 0.2) is 12.1 Å². The van der Waals surface area contributed by atoms with Gasteiger partial charge in [-0.3, -0.25) is 0 Å². The molecule has 0 bridgehead atoms. The third kappa shape index (κ3) is 1.93. The van der Waals surface area contributed by atoms with Gasteiger partial charge in [0.25, 0.3) is 0 Å². The van der Waals surface area contributed by atoms with Crippen molar-refractivity contribution in [2.24, 2.45) is 5.73 Å². The van der Waals surface area contributed by atoms with Crippen LogP contribution in [0.25, 0.3) is 0 Å². The Morgan fingerprint density at radius 1 is 1.00 bits per heavy atom. The van der Waals surface area contributed by atoms with Gasteiger partial charge in [-0.25, -0.2) is 0 Å². The van der Waals surface area contributed by atoms with E-state index in [2.05, 4.69) is 0 Å². The van der Waals surface area contributed by atoms with Crippen molar-refractivity contribution in [3.05, 3.63) is 17.7 Å². The molecule has 1 saturated carbocycles. The first-order valence-electron chi connectivity index (χ1n) is 5.74. The van der Waals surface area contributed by atoms with Crippen LogP contribution in [0, 0.1) is 0 Å². The average Bonchev–Trinajstić information content (AvgIpc) is 2.34. The molecule has 0 spiro atoms. The molecule has 4 heteroatoms. The van der Waals surface area contributed by atoms with E-state index in [9.17, 15) is 0 Å². The van der Waals surface area contributed by atoms with Gasteiger partial charge in [0.1, 0.15) is 17.2 Å². The molecule has 1 aliphatic carbocycles. The molecule has 1 aliphatic rings. The predicted molar refractivity (Wildman–Crippen MR) is 65.8 cm³/mol. The summed E-state index contributed by atoms with van der Waals surface area (Å²) < 4.78 is 16.0. The zero-order chi connectivity index (χ0) is 12.5. The first-order chi connectivity index (χ1) is 8.14. The summed E-state index contributed by atoms with van der Waals surface area (Å²) in [5.74, 6) is 2.19. The number of benzene rings is 1. The number of rotatable bonds is 4. The SMILES string of the molecule is COc1cc(OC)c(C2(N)CCC2)c(OC)c1. The topological polar surface area (TPSA) is 53.7 Å². The van der Waals surface area contributed by atoms with Crippen molar-refractivity contribution in [3.8, 4) is 17.2 Å². The molecule has 0 radical (unpaired) electrons. The van der Waals surface area contributed by atoms with Crippen LogP contribution < -0.4 is 19.9 Å². The summed E-state index contributed by atoms with van der Waals surface area (Å²) in [6, 6.07) is 3.70. The van der Waals surface area contributed by atoms with Gasteiger partial charge >= 0.3 is 0 Å². The van der Waals surface area contributed by atoms with E-state index in [4.69, 9.17) is 19.9 Å². The number of nitrogens with two attached hydrogens (primary N) is 1. The predicted octanol–water partition coefficient (Wildman–Crippen LogP) is 2.05. The third-order valence-corrected chi connectivity index (χ3v) is 3.46. The summed E-state index contributed by atoms with van der Waals surface area (Å²) in [5.41, 5.74) is 7.00. The average molecular weight is 237 g/mol. The van der Waals surface area contributed by atoms with Crippen LogP contribution in [0.5, 0.6) is 17.2 Å². The quantitative estimate of drug-likeness (QED) is 0.870. The van der Waals surface area contributed by atoms with Gasteiger partial charge in [-0.05, 0) is 19.3 Å². The Labute approximate surface area is 102 Å². The maximum Gasteiger partial charge on any atom is 0.131 e. The molecule has 0 saturated heterocycles. The highest BCUT2D eigenvalue weighted by Gasteiger charge is 2.39. The summed E-state index contributed by atoms with van der Waals surface area (Å²) in [6.07, 6.45) is 3.08. The van der Waals surface area contributed by atoms with E-state index in [1.54, 1.807) is 21.3 Å². The molecule has 1 fully saturated rings. The van der Waals surface area contributed by atoms with E-state index in [1.807, 2.05) is 12.1 Å². The molecule has 0 heterocycles. The molecule has 4 nitrogen and oxygen atoms in total. The highest BCUT2D eigenvalue weighted by atomic mass is 16.5.